The average Bonchev–Trinajstić information content (AvgIpc) is 2.45. The van der Waals surface area contributed by atoms with E-state index in [2.05, 4.69) is 36.0 Å². The van der Waals surface area contributed by atoms with Crippen molar-refractivity contribution in [3.8, 4) is 0 Å². The molecule has 118 valence electrons. The first-order valence-electron chi connectivity index (χ1n) is 7.36. The van der Waals surface area contributed by atoms with E-state index >= 15 is 0 Å². The summed E-state index contributed by atoms with van der Waals surface area (Å²) in [4.78, 5) is 5.75. The Morgan fingerprint density at radius 1 is 1.38 bits per heavy atom. The number of piperazine rings is 1. The Balaban J connectivity index is 2.20. The summed E-state index contributed by atoms with van der Waals surface area (Å²) in [7, 11) is 0. The Bertz CT molecular complexity index is 456. The molecule has 3 nitrogen and oxygen atoms in total. The maximum atomic E-state index is 12.6. The maximum Gasteiger partial charge on any atom is 0.433 e. The molecule has 2 heterocycles. The molecule has 6 heteroatoms. The summed E-state index contributed by atoms with van der Waals surface area (Å²) in [5.41, 5.74) is -0.0724. The van der Waals surface area contributed by atoms with Crippen LogP contribution in [0.25, 0.3) is 0 Å². The van der Waals surface area contributed by atoms with E-state index < -0.39 is 11.9 Å². The lowest BCUT2D eigenvalue weighted by molar-refractivity contribution is -0.141. The lowest BCUT2D eigenvalue weighted by Gasteiger charge is -2.43. The van der Waals surface area contributed by atoms with Crippen molar-refractivity contribution in [2.24, 2.45) is 5.92 Å². The largest absolute Gasteiger partial charge is 0.433 e. The van der Waals surface area contributed by atoms with Gasteiger partial charge in [0.25, 0.3) is 0 Å². The first kappa shape index (κ1) is 16.1. The predicted octanol–water partition coefficient (Wildman–Crippen LogP) is 3.31. The first-order chi connectivity index (χ1) is 9.82. The summed E-state index contributed by atoms with van der Waals surface area (Å²) >= 11 is 0. The number of hydrogen-bond acceptors (Lipinski definition) is 3. The summed E-state index contributed by atoms with van der Waals surface area (Å²) in [6.07, 6.45) is -2.10. The third-order valence-electron chi connectivity index (χ3n) is 4.10. The van der Waals surface area contributed by atoms with E-state index in [9.17, 15) is 13.2 Å². The van der Waals surface area contributed by atoms with Crippen molar-refractivity contribution in [1.29, 1.82) is 0 Å². The molecule has 1 aromatic rings. The minimum absolute atomic E-state index is 0.290. The Morgan fingerprint density at radius 3 is 2.57 bits per heavy atom. The number of aromatic nitrogens is 1. The molecule has 1 fully saturated rings. The Hall–Kier alpha value is -1.30. The highest BCUT2D eigenvalue weighted by atomic mass is 19.4. The van der Waals surface area contributed by atoms with Gasteiger partial charge >= 0.3 is 6.18 Å². The first-order valence-corrected chi connectivity index (χ1v) is 7.36. The molecule has 1 aliphatic rings. The van der Waals surface area contributed by atoms with Gasteiger partial charge in [0.2, 0.25) is 0 Å². The van der Waals surface area contributed by atoms with Gasteiger partial charge in [-0.05, 0) is 24.5 Å². The number of hydrogen-bond donors (Lipinski definition) is 1. The van der Waals surface area contributed by atoms with Gasteiger partial charge in [-0.2, -0.15) is 13.2 Å². The van der Waals surface area contributed by atoms with Gasteiger partial charge in [-0.1, -0.05) is 20.8 Å². The number of pyridine rings is 1. The van der Waals surface area contributed by atoms with Crippen molar-refractivity contribution in [2.45, 2.75) is 45.5 Å². The van der Waals surface area contributed by atoms with Gasteiger partial charge in [-0.3, -0.25) is 0 Å². The lowest BCUT2D eigenvalue weighted by Crippen LogP contribution is -2.58. The van der Waals surface area contributed by atoms with Crippen LogP contribution in [0.5, 0.6) is 0 Å². The van der Waals surface area contributed by atoms with Crippen LogP contribution in [-0.4, -0.2) is 30.2 Å². The van der Waals surface area contributed by atoms with Crippen LogP contribution in [0.4, 0.5) is 18.9 Å². The molecular formula is C15H22F3N3. The highest BCUT2D eigenvalue weighted by molar-refractivity contribution is 5.47. The van der Waals surface area contributed by atoms with Crippen molar-refractivity contribution in [3.63, 3.8) is 0 Å². The van der Waals surface area contributed by atoms with Gasteiger partial charge in [0.05, 0.1) is 11.9 Å². The molecule has 2 unspecified atom stereocenters. The quantitative estimate of drug-likeness (QED) is 0.928. The van der Waals surface area contributed by atoms with Crippen LogP contribution < -0.4 is 10.2 Å². The van der Waals surface area contributed by atoms with Crippen molar-refractivity contribution < 1.29 is 13.2 Å². The number of rotatable bonds is 3. The Kier molecular flexibility index (Phi) is 4.76. The van der Waals surface area contributed by atoms with Crippen molar-refractivity contribution in [2.75, 3.05) is 18.0 Å². The van der Waals surface area contributed by atoms with Gasteiger partial charge in [0.1, 0.15) is 5.69 Å². The molecule has 1 aromatic heterocycles. The van der Waals surface area contributed by atoms with Gasteiger partial charge in [-0.25, -0.2) is 4.98 Å². The topological polar surface area (TPSA) is 28.2 Å². The van der Waals surface area contributed by atoms with Gasteiger partial charge in [-0.15, -0.1) is 0 Å². The SMILES string of the molecule is CCC1CNC(C(C)C)CN1c1ccc(C(F)(F)F)nc1. The van der Waals surface area contributed by atoms with Gasteiger partial charge < -0.3 is 10.2 Å². The highest BCUT2D eigenvalue weighted by Gasteiger charge is 2.33. The summed E-state index contributed by atoms with van der Waals surface area (Å²) < 4.78 is 37.8. The number of anilines is 1. The minimum atomic E-state index is -4.38. The molecule has 0 amide bonds. The molecule has 1 aliphatic heterocycles. The van der Waals surface area contributed by atoms with Crippen LogP contribution in [0.2, 0.25) is 0 Å². The number of nitrogens with one attached hydrogen (secondary N) is 1. The molecule has 1 saturated heterocycles. The zero-order valence-electron chi connectivity index (χ0n) is 12.6. The molecule has 0 aromatic carbocycles. The van der Waals surface area contributed by atoms with Crippen LogP contribution in [-0.2, 0) is 6.18 Å². The highest BCUT2D eigenvalue weighted by Crippen LogP contribution is 2.29. The molecule has 0 aliphatic carbocycles. The number of nitrogens with zero attached hydrogens (tertiary/aromatic N) is 2. The summed E-state index contributed by atoms with van der Waals surface area (Å²) in [5, 5.41) is 3.51. The fourth-order valence-electron chi connectivity index (χ4n) is 2.67. The summed E-state index contributed by atoms with van der Waals surface area (Å²) in [5.74, 6) is 0.479. The fraction of sp³-hybridized carbons (Fsp3) is 0.667. The molecule has 1 N–H and O–H groups in total. The Labute approximate surface area is 123 Å². The van der Waals surface area contributed by atoms with E-state index in [-0.39, 0.29) is 0 Å². The van der Waals surface area contributed by atoms with Crippen molar-refractivity contribution in [3.05, 3.63) is 24.0 Å². The molecule has 0 spiro atoms. The van der Waals surface area contributed by atoms with Gasteiger partial charge in [0, 0.05) is 25.2 Å². The van der Waals surface area contributed by atoms with Gasteiger partial charge in [0.15, 0.2) is 0 Å². The van der Waals surface area contributed by atoms with Crippen LogP contribution in [0.15, 0.2) is 18.3 Å². The minimum Gasteiger partial charge on any atom is -0.364 e. The normalized spacial score (nSPS) is 23.7. The monoisotopic (exact) mass is 301 g/mol. The zero-order valence-corrected chi connectivity index (χ0v) is 12.6. The second-order valence-corrected chi connectivity index (χ2v) is 5.87. The molecule has 0 saturated carbocycles. The lowest BCUT2D eigenvalue weighted by atomic mass is 9.98. The smallest absolute Gasteiger partial charge is 0.364 e. The van der Waals surface area contributed by atoms with E-state index in [1.54, 1.807) is 0 Å². The number of alkyl halides is 3. The van der Waals surface area contributed by atoms with E-state index in [1.165, 1.54) is 12.3 Å². The third kappa shape index (κ3) is 3.67. The van der Waals surface area contributed by atoms with E-state index in [1.807, 2.05) is 0 Å². The van der Waals surface area contributed by atoms with Crippen LogP contribution in [0, 0.1) is 5.92 Å². The molecule has 0 radical (unpaired) electrons. The standard InChI is InChI=1S/C15H22F3N3/c1-4-11-7-19-13(10(2)3)9-21(11)12-5-6-14(20-8-12)15(16,17)18/h5-6,8,10-11,13,19H,4,7,9H2,1-3H3. The van der Waals surface area contributed by atoms with Crippen molar-refractivity contribution >= 4 is 5.69 Å². The van der Waals surface area contributed by atoms with E-state index in [0.29, 0.717) is 18.0 Å². The van der Waals surface area contributed by atoms with Crippen LogP contribution in [0.1, 0.15) is 32.9 Å². The second kappa shape index (κ2) is 6.22. The van der Waals surface area contributed by atoms with E-state index in [4.69, 9.17) is 0 Å². The zero-order chi connectivity index (χ0) is 15.6. The van der Waals surface area contributed by atoms with E-state index in [0.717, 1.165) is 31.3 Å². The molecule has 21 heavy (non-hydrogen) atoms. The molecule has 2 atom stereocenters. The number of halogens is 3. The van der Waals surface area contributed by atoms with Crippen LogP contribution >= 0.6 is 0 Å². The maximum absolute atomic E-state index is 12.6. The predicted molar refractivity (Wildman–Crippen MR) is 77.3 cm³/mol. The summed E-state index contributed by atoms with van der Waals surface area (Å²) in [6, 6.07) is 3.23. The van der Waals surface area contributed by atoms with Crippen molar-refractivity contribution in [1.82, 2.24) is 10.3 Å². The Morgan fingerprint density at radius 2 is 2.10 bits per heavy atom. The molecule has 0 bridgehead atoms. The average molecular weight is 301 g/mol. The molecular weight excluding hydrogens is 279 g/mol. The van der Waals surface area contributed by atoms with Crippen LogP contribution in [0.3, 0.4) is 0 Å². The third-order valence-corrected chi connectivity index (χ3v) is 4.10. The summed E-state index contributed by atoms with van der Waals surface area (Å²) in [6.45, 7) is 8.02. The fourth-order valence-corrected chi connectivity index (χ4v) is 2.67. The molecule has 2 rings (SSSR count). The second-order valence-electron chi connectivity index (χ2n) is 5.87.